The fourth-order valence-electron chi connectivity index (χ4n) is 4.07. The highest BCUT2D eigenvalue weighted by atomic mass is 19.4. The number of hydrogen-bond acceptors (Lipinski definition) is 5. The number of amides is 1. The van der Waals surface area contributed by atoms with Crippen LogP contribution in [0.5, 0.6) is 5.75 Å². The van der Waals surface area contributed by atoms with E-state index in [0.29, 0.717) is 12.0 Å². The third-order valence-electron chi connectivity index (χ3n) is 5.63. The Kier molecular flexibility index (Phi) is 6.55. The number of halogens is 5. The van der Waals surface area contributed by atoms with Crippen molar-refractivity contribution in [2.75, 3.05) is 33.1 Å². The molecule has 33 heavy (non-hydrogen) atoms. The fourth-order valence-corrected chi connectivity index (χ4v) is 4.07. The van der Waals surface area contributed by atoms with Gasteiger partial charge in [-0.05, 0) is 35.9 Å². The van der Waals surface area contributed by atoms with Gasteiger partial charge in [0.2, 0.25) is 0 Å². The molecular formula is C22H20F5NO5. The van der Waals surface area contributed by atoms with Crippen LogP contribution in [0, 0.1) is 11.6 Å². The number of alkyl halides is 3. The number of ether oxygens (including phenoxy) is 4. The van der Waals surface area contributed by atoms with Crippen LogP contribution in [0.25, 0.3) is 0 Å². The minimum absolute atomic E-state index is 0.00191. The van der Waals surface area contributed by atoms with Crippen molar-refractivity contribution >= 4 is 5.91 Å². The zero-order chi connectivity index (χ0) is 23.6. The monoisotopic (exact) mass is 473 g/mol. The zero-order valence-corrected chi connectivity index (χ0v) is 17.2. The molecule has 11 heteroatoms. The lowest BCUT2D eigenvalue weighted by Crippen LogP contribution is -2.53. The van der Waals surface area contributed by atoms with E-state index in [4.69, 9.17) is 14.2 Å². The fraction of sp³-hybridized carbons (Fsp3) is 0.409. The van der Waals surface area contributed by atoms with Crippen molar-refractivity contribution in [3.8, 4) is 5.75 Å². The standard InChI is InChI=1S/C22H20F5NO5/c23-16-3-1-2-15(11-16)21-6-7-28(12-19(21)31-13-33-21)20(29)14-4-5-18(17(24)10-14)30-8-9-32-22(25,26)27/h1-5,10-11,19H,6-9,12-13H2. The summed E-state index contributed by atoms with van der Waals surface area (Å²) in [6, 6.07) is 9.50. The van der Waals surface area contributed by atoms with Gasteiger partial charge in [0, 0.05) is 18.5 Å². The average Bonchev–Trinajstić information content (AvgIpc) is 3.21. The molecule has 2 saturated heterocycles. The SMILES string of the molecule is O=C(c1ccc(OCCOC(F)(F)F)c(F)c1)N1CCC2(c3cccc(F)c3)OCOC2C1. The summed E-state index contributed by atoms with van der Waals surface area (Å²) in [5.74, 6) is -2.05. The lowest BCUT2D eigenvalue weighted by atomic mass is 9.82. The van der Waals surface area contributed by atoms with Crippen molar-refractivity contribution in [3.05, 3.63) is 65.2 Å². The number of hydrogen-bond donors (Lipinski definition) is 0. The number of piperidine rings is 1. The van der Waals surface area contributed by atoms with E-state index in [9.17, 15) is 26.7 Å². The van der Waals surface area contributed by atoms with Gasteiger partial charge >= 0.3 is 6.36 Å². The van der Waals surface area contributed by atoms with Crippen LogP contribution in [0.15, 0.2) is 42.5 Å². The minimum Gasteiger partial charge on any atom is -0.488 e. The van der Waals surface area contributed by atoms with Crippen molar-refractivity contribution in [2.45, 2.75) is 24.5 Å². The van der Waals surface area contributed by atoms with Crippen LogP contribution >= 0.6 is 0 Å². The Balaban J connectivity index is 1.40. The molecule has 0 N–H and O–H groups in total. The summed E-state index contributed by atoms with van der Waals surface area (Å²) in [5.41, 5.74) is -0.206. The Bertz CT molecular complexity index is 1020. The summed E-state index contributed by atoms with van der Waals surface area (Å²) >= 11 is 0. The highest BCUT2D eigenvalue weighted by Crippen LogP contribution is 2.43. The van der Waals surface area contributed by atoms with Crippen LogP contribution in [0.4, 0.5) is 22.0 Å². The van der Waals surface area contributed by atoms with Crippen molar-refractivity contribution < 1.29 is 45.7 Å². The van der Waals surface area contributed by atoms with Gasteiger partial charge in [0.15, 0.2) is 11.6 Å². The van der Waals surface area contributed by atoms with Crippen molar-refractivity contribution in [2.24, 2.45) is 0 Å². The minimum atomic E-state index is -4.80. The van der Waals surface area contributed by atoms with Crippen molar-refractivity contribution in [1.82, 2.24) is 4.90 Å². The Labute approximate surface area is 185 Å². The summed E-state index contributed by atoms with van der Waals surface area (Å²) in [6.45, 7) is -0.888. The molecule has 4 rings (SSSR count). The van der Waals surface area contributed by atoms with E-state index in [-0.39, 0.29) is 31.2 Å². The smallest absolute Gasteiger partial charge is 0.488 e. The second-order valence-corrected chi connectivity index (χ2v) is 7.61. The molecule has 0 bridgehead atoms. The van der Waals surface area contributed by atoms with E-state index in [2.05, 4.69) is 4.74 Å². The molecular weight excluding hydrogens is 453 g/mol. The van der Waals surface area contributed by atoms with Crippen molar-refractivity contribution in [3.63, 3.8) is 0 Å². The molecule has 2 aliphatic heterocycles. The van der Waals surface area contributed by atoms with Gasteiger partial charge < -0.3 is 19.1 Å². The Hall–Kier alpha value is -2.76. The first kappa shape index (κ1) is 23.4. The molecule has 1 amide bonds. The third kappa shape index (κ3) is 5.10. The maximum absolute atomic E-state index is 14.3. The first-order chi connectivity index (χ1) is 15.7. The maximum Gasteiger partial charge on any atom is 0.522 e. The van der Waals surface area contributed by atoms with Crippen LogP contribution in [0.2, 0.25) is 0 Å². The molecule has 178 valence electrons. The first-order valence-electron chi connectivity index (χ1n) is 10.1. The predicted molar refractivity (Wildman–Crippen MR) is 103 cm³/mol. The Morgan fingerprint density at radius 1 is 1.15 bits per heavy atom. The molecule has 2 atom stereocenters. The van der Waals surface area contributed by atoms with Crippen LogP contribution in [-0.2, 0) is 19.8 Å². The highest BCUT2D eigenvalue weighted by Gasteiger charge is 2.51. The van der Waals surface area contributed by atoms with Gasteiger partial charge in [-0.2, -0.15) is 0 Å². The van der Waals surface area contributed by atoms with Gasteiger partial charge in [0.25, 0.3) is 5.91 Å². The molecule has 2 aromatic rings. The number of rotatable bonds is 6. The Morgan fingerprint density at radius 3 is 2.70 bits per heavy atom. The lowest BCUT2D eigenvalue weighted by molar-refractivity contribution is -0.325. The summed E-state index contributed by atoms with van der Waals surface area (Å²) in [6.07, 6.45) is -4.97. The molecule has 0 aliphatic carbocycles. The van der Waals surface area contributed by atoms with Gasteiger partial charge in [0.1, 0.15) is 30.9 Å². The average molecular weight is 473 g/mol. The quantitative estimate of drug-likeness (QED) is 0.469. The molecule has 2 aromatic carbocycles. The molecule has 2 fully saturated rings. The number of carbonyl (C=O) groups is 1. The van der Waals surface area contributed by atoms with E-state index >= 15 is 0 Å². The number of benzene rings is 2. The first-order valence-corrected chi connectivity index (χ1v) is 10.1. The van der Waals surface area contributed by atoms with Crippen LogP contribution < -0.4 is 4.74 Å². The van der Waals surface area contributed by atoms with E-state index in [0.717, 1.165) is 6.07 Å². The van der Waals surface area contributed by atoms with Crippen molar-refractivity contribution in [1.29, 1.82) is 0 Å². The topological polar surface area (TPSA) is 57.2 Å². The normalized spacial score (nSPS) is 22.8. The Morgan fingerprint density at radius 2 is 1.97 bits per heavy atom. The molecule has 2 unspecified atom stereocenters. The summed E-state index contributed by atoms with van der Waals surface area (Å²) < 4.78 is 84.0. The third-order valence-corrected chi connectivity index (χ3v) is 5.63. The van der Waals surface area contributed by atoms with E-state index in [1.54, 1.807) is 12.1 Å². The van der Waals surface area contributed by atoms with Gasteiger partial charge in [-0.25, -0.2) is 8.78 Å². The molecule has 0 spiro atoms. The maximum atomic E-state index is 14.3. The number of likely N-dealkylation sites (tertiary alicyclic amines) is 1. The van der Waals surface area contributed by atoms with E-state index in [1.165, 1.54) is 29.2 Å². The highest BCUT2D eigenvalue weighted by molar-refractivity contribution is 5.94. The molecule has 2 aliphatic rings. The van der Waals surface area contributed by atoms with Gasteiger partial charge in [-0.1, -0.05) is 12.1 Å². The summed E-state index contributed by atoms with van der Waals surface area (Å²) in [7, 11) is 0. The number of carbonyl (C=O) groups excluding carboxylic acids is 1. The number of fused-ring (bicyclic) bond motifs is 1. The van der Waals surface area contributed by atoms with E-state index in [1.807, 2.05) is 0 Å². The van der Waals surface area contributed by atoms with Crippen LogP contribution in [0.1, 0.15) is 22.3 Å². The lowest BCUT2D eigenvalue weighted by Gasteiger charge is -2.42. The largest absolute Gasteiger partial charge is 0.522 e. The molecule has 0 aromatic heterocycles. The summed E-state index contributed by atoms with van der Waals surface area (Å²) in [5, 5.41) is 0. The van der Waals surface area contributed by atoms with Crippen LogP contribution in [0.3, 0.4) is 0 Å². The van der Waals surface area contributed by atoms with Gasteiger partial charge in [-0.15, -0.1) is 13.2 Å². The molecule has 0 radical (unpaired) electrons. The zero-order valence-electron chi connectivity index (χ0n) is 17.2. The van der Waals surface area contributed by atoms with Gasteiger partial charge in [0.05, 0.1) is 13.2 Å². The predicted octanol–water partition coefficient (Wildman–Crippen LogP) is 3.99. The number of nitrogens with zero attached hydrogens (tertiary/aromatic N) is 1. The molecule has 2 heterocycles. The molecule has 0 saturated carbocycles. The second kappa shape index (κ2) is 9.24. The molecule has 6 nitrogen and oxygen atoms in total. The van der Waals surface area contributed by atoms with Gasteiger partial charge in [-0.3, -0.25) is 9.53 Å². The second-order valence-electron chi connectivity index (χ2n) is 7.61. The van der Waals surface area contributed by atoms with Crippen LogP contribution in [-0.4, -0.2) is 56.4 Å². The summed E-state index contributed by atoms with van der Waals surface area (Å²) in [4.78, 5) is 14.4. The van der Waals surface area contributed by atoms with E-state index < -0.39 is 48.8 Å².